The highest BCUT2D eigenvalue weighted by molar-refractivity contribution is 5.95. The number of ether oxygens (including phenoxy) is 1. The summed E-state index contributed by atoms with van der Waals surface area (Å²) in [6.07, 6.45) is 0. The van der Waals surface area contributed by atoms with Crippen LogP contribution < -0.4 is 4.90 Å². The Kier molecular flexibility index (Phi) is 7.00. The molecule has 1 aromatic carbocycles. The minimum absolute atomic E-state index is 0. The zero-order valence-electron chi connectivity index (χ0n) is 11.2. The zero-order valence-corrected chi connectivity index (χ0v) is 11.2. The number of halogens is 2. The molecule has 0 unspecified atom stereocenters. The predicted molar refractivity (Wildman–Crippen MR) is 72.5 cm³/mol. The lowest BCUT2D eigenvalue weighted by molar-refractivity contribution is 0.0601. The number of para-hydroxylation sites is 1. The summed E-state index contributed by atoms with van der Waals surface area (Å²) < 4.78 is 4.81. The van der Waals surface area contributed by atoms with Crippen LogP contribution in [0.5, 0.6) is 0 Å². The smallest absolute Gasteiger partial charge is 0.339 e. The van der Waals surface area contributed by atoms with Gasteiger partial charge in [-0.1, -0.05) is 12.1 Å². The Bertz CT molecular complexity index is 407. The number of carbonyl (C=O) groups is 1. The fraction of sp³-hybridized carbons (Fsp3) is 0.462. The van der Waals surface area contributed by atoms with E-state index in [1.807, 2.05) is 24.3 Å². The van der Waals surface area contributed by atoms with Crippen LogP contribution in [-0.4, -0.2) is 51.2 Å². The maximum atomic E-state index is 11.7. The molecule has 4 nitrogen and oxygen atoms in total. The molecule has 1 aromatic rings. The summed E-state index contributed by atoms with van der Waals surface area (Å²) in [4.78, 5) is 16.2. The highest BCUT2D eigenvalue weighted by atomic mass is 19.0. The fourth-order valence-electron chi connectivity index (χ4n) is 2.08. The molecule has 1 aliphatic rings. The second kappa shape index (κ2) is 7.68. The number of hydrogen-bond acceptors (Lipinski definition) is 4. The Morgan fingerprint density at radius 3 is 2.26 bits per heavy atom. The van der Waals surface area contributed by atoms with Crippen molar-refractivity contribution in [3.8, 4) is 0 Å². The number of benzene rings is 1. The van der Waals surface area contributed by atoms with E-state index in [4.69, 9.17) is 4.74 Å². The lowest BCUT2D eigenvalue weighted by Crippen LogP contribution is -2.45. The number of methoxy groups -OCH3 is 1. The first kappa shape index (κ1) is 17.3. The Hall–Kier alpha value is -1.69. The lowest BCUT2D eigenvalue weighted by atomic mass is 10.1. The second-order valence-electron chi connectivity index (χ2n) is 4.30. The number of nitrogens with zero attached hydrogens (tertiary/aromatic N) is 2. The van der Waals surface area contributed by atoms with Crippen molar-refractivity contribution in [2.24, 2.45) is 0 Å². The molecule has 0 amide bonds. The van der Waals surface area contributed by atoms with E-state index in [0.717, 1.165) is 31.9 Å². The van der Waals surface area contributed by atoms with E-state index in [1.54, 1.807) is 0 Å². The molecule has 1 fully saturated rings. The number of rotatable bonds is 2. The Morgan fingerprint density at radius 2 is 1.68 bits per heavy atom. The van der Waals surface area contributed by atoms with Crippen LogP contribution in [0.1, 0.15) is 10.4 Å². The van der Waals surface area contributed by atoms with Gasteiger partial charge in [-0.3, -0.25) is 9.41 Å². The number of hydrogen-bond donors (Lipinski definition) is 0. The van der Waals surface area contributed by atoms with Crippen LogP contribution in [-0.2, 0) is 4.74 Å². The molecule has 19 heavy (non-hydrogen) atoms. The first-order chi connectivity index (χ1) is 8.22. The zero-order chi connectivity index (χ0) is 12.3. The number of likely N-dealkylation sites (N-methyl/N-ethyl adjacent to an activating group) is 1. The molecule has 0 aromatic heterocycles. The summed E-state index contributed by atoms with van der Waals surface area (Å²) in [5, 5.41) is 0. The van der Waals surface area contributed by atoms with Gasteiger partial charge in [0.2, 0.25) is 0 Å². The summed E-state index contributed by atoms with van der Waals surface area (Å²) in [5.74, 6) is -0.264. The number of carbonyl (C=O) groups excluding carboxylic acids is 1. The van der Waals surface area contributed by atoms with Crippen molar-refractivity contribution in [1.29, 1.82) is 0 Å². The molecule has 0 saturated carbocycles. The molecule has 6 heteroatoms. The molecule has 0 aliphatic carbocycles. The van der Waals surface area contributed by atoms with E-state index in [9.17, 15) is 4.79 Å². The van der Waals surface area contributed by atoms with Crippen molar-refractivity contribution in [1.82, 2.24) is 4.90 Å². The minimum atomic E-state index is -0.264. The van der Waals surface area contributed by atoms with Crippen LogP contribution in [0.3, 0.4) is 0 Å². The molecule has 2 rings (SSSR count). The topological polar surface area (TPSA) is 32.8 Å². The summed E-state index contributed by atoms with van der Waals surface area (Å²) >= 11 is 0. The van der Waals surface area contributed by atoms with E-state index in [0.29, 0.717) is 5.56 Å². The van der Waals surface area contributed by atoms with Gasteiger partial charge >= 0.3 is 5.97 Å². The number of piperazine rings is 1. The molecule has 0 spiro atoms. The van der Waals surface area contributed by atoms with E-state index in [2.05, 4.69) is 16.8 Å². The standard InChI is InChI=1S/C13H18N2O2.2FH/c1-14-7-9-15(10-8-14)12-6-4-3-5-11(12)13(16)17-2;;/h3-6H,7-10H2,1-2H3;2*1H. The normalized spacial score (nSPS) is 15.2. The third kappa shape index (κ3) is 3.89. The summed E-state index contributed by atoms with van der Waals surface area (Å²) in [7, 11) is 3.53. The minimum Gasteiger partial charge on any atom is -0.465 e. The van der Waals surface area contributed by atoms with Crippen molar-refractivity contribution in [3.63, 3.8) is 0 Å². The van der Waals surface area contributed by atoms with E-state index in [1.165, 1.54) is 7.11 Å². The summed E-state index contributed by atoms with van der Waals surface area (Å²) in [6, 6.07) is 7.63. The van der Waals surface area contributed by atoms with Gasteiger partial charge in [-0.25, -0.2) is 4.79 Å². The largest absolute Gasteiger partial charge is 0.465 e. The van der Waals surface area contributed by atoms with Gasteiger partial charge in [0.1, 0.15) is 0 Å². The van der Waals surface area contributed by atoms with Gasteiger partial charge < -0.3 is 14.5 Å². The predicted octanol–water partition coefficient (Wildman–Crippen LogP) is 1.53. The van der Waals surface area contributed by atoms with Crippen LogP contribution >= 0.6 is 0 Å². The monoisotopic (exact) mass is 274 g/mol. The maximum Gasteiger partial charge on any atom is 0.339 e. The van der Waals surface area contributed by atoms with Crippen molar-refractivity contribution in [2.45, 2.75) is 0 Å². The van der Waals surface area contributed by atoms with Gasteiger partial charge in [0.15, 0.2) is 0 Å². The highest BCUT2D eigenvalue weighted by Crippen LogP contribution is 2.22. The average Bonchev–Trinajstić information content (AvgIpc) is 2.39. The van der Waals surface area contributed by atoms with E-state index in [-0.39, 0.29) is 15.4 Å². The summed E-state index contributed by atoms with van der Waals surface area (Å²) in [6.45, 7) is 3.94. The Balaban J connectivity index is 0.00000162. The molecule has 1 aliphatic heterocycles. The first-order valence-corrected chi connectivity index (χ1v) is 5.83. The van der Waals surface area contributed by atoms with Gasteiger partial charge in [-0.05, 0) is 19.2 Å². The van der Waals surface area contributed by atoms with Crippen LogP contribution in [0.2, 0.25) is 0 Å². The molecule has 1 heterocycles. The van der Waals surface area contributed by atoms with Crippen molar-refractivity contribution < 1.29 is 18.9 Å². The average molecular weight is 274 g/mol. The number of anilines is 1. The van der Waals surface area contributed by atoms with Gasteiger partial charge in [0.25, 0.3) is 0 Å². The molecular formula is C13H20F2N2O2. The first-order valence-electron chi connectivity index (χ1n) is 5.83. The quantitative estimate of drug-likeness (QED) is 0.766. The molecule has 1 saturated heterocycles. The highest BCUT2D eigenvalue weighted by Gasteiger charge is 2.19. The molecule has 0 atom stereocenters. The SMILES string of the molecule is COC(=O)c1ccccc1N1CCN(C)CC1.F.F. The van der Waals surface area contributed by atoms with E-state index >= 15 is 0 Å². The van der Waals surface area contributed by atoms with Gasteiger partial charge in [0, 0.05) is 26.2 Å². The van der Waals surface area contributed by atoms with Crippen LogP contribution in [0.4, 0.5) is 15.1 Å². The molecular weight excluding hydrogens is 254 g/mol. The fourth-order valence-corrected chi connectivity index (χ4v) is 2.08. The third-order valence-corrected chi connectivity index (χ3v) is 3.15. The second-order valence-corrected chi connectivity index (χ2v) is 4.30. The summed E-state index contributed by atoms with van der Waals surface area (Å²) in [5.41, 5.74) is 1.63. The molecule has 0 radical (unpaired) electrons. The molecule has 0 bridgehead atoms. The van der Waals surface area contributed by atoms with Crippen LogP contribution in [0.25, 0.3) is 0 Å². The van der Waals surface area contributed by atoms with Crippen LogP contribution in [0, 0.1) is 0 Å². The third-order valence-electron chi connectivity index (χ3n) is 3.15. The van der Waals surface area contributed by atoms with Crippen molar-refractivity contribution in [3.05, 3.63) is 29.8 Å². The number of esters is 1. The molecule has 108 valence electrons. The van der Waals surface area contributed by atoms with Crippen molar-refractivity contribution >= 4 is 11.7 Å². The Labute approximate surface area is 111 Å². The van der Waals surface area contributed by atoms with Gasteiger partial charge in [-0.2, -0.15) is 0 Å². The Morgan fingerprint density at radius 1 is 1.11 bits per heavy atom. The maximum absolute atomic E-state index is 11.7. The van der Waals surface area contributed by atoms with Gasteiger partial charge in [-0.15, -0.1) is 0 Å². The van der Waals surface area contributed by atoms with Crippen molar-refractivity contribution in [2.75, 3.05) is 45.2 Å². The molecule has 0 N–H and O–H groups in total. The van der Waals surface area contributed by atoms with Crippen LogP contribution in [0.15, 0.2) is 24.3 Å². The lowest BCUT2D eigenvalue weighted by Gasteiger charge is -2.34. The van der Waals surface area contributed by atoms with E-state index < -0.39 is 0 Å². The van der Waals surface area contributed by atoms with Gasteiger partial charge in [0.05, 0.1) is 18.4 Å².